The van der Waals surface area contributed by atoms with Gasteiger partial charge < -0.3 is 25.6 Å². The molecule has 0 radical (unpaired) electrons. The average Bonchev–Trinajstić information content (AvgIpc) is 3.30. The number of carbonyl (C=O) groups is 1. The number of nitrogens with zero attached hydrogens (tertiary/aromatic N) is 5. The fourth-order valence-electron chi connectivity index (χ4n) is 3.38. The minimum Gasteiger partial charge on any atom is -0.399 e. The predicted octanol–water partition coefficient (Wildman–Crippen LogP) is 1.10. The van der Waals surface area contributed by atoms with Crippen molar-refractivity contribution in [1.29, 1.82) is 0 Å². The normalized spacial score (nSPS) is 14.2. The van der Waals surface area contributed by atoms with E-state index >= 15 is 0 Å². The topological polar surface area (TPSA) is 122 Å². The Labute approximate surface area is 162 Å². The minimum absolute atomic E-state index is 0.0170. The van der Waals surface area contributed by atoms with E-state index in [0.717, 1.165) is 18.5 Å². The number of nitrogen functional groups attached to an aromatic ring is 1. The molecule has 1 amide bonds. The Kier molecular flexibility index (Phi) is 5.07. The molecule has 4 N–H and O–H groups in total. The highest BCUT2D eigenvalue weighted by Gasteiger charge is 2.20. The van der Waals surface area contributed by atoms with Gasteiger partial charge in [0.2, 0.25) is 5.91 Å². The Morgan fingerprint density at radius 3 is 2.89 bits per heavy atom. The fraction of sp³-hybridized carbons (Fsp3) is 0.368. The number of anilines is 2. The monoisotopic (exact) mass is 381 g/mol. The van der Waals surface area contributed by atoms with Gasteiger partial charge in [-0.25, -0.2) is 15.0 Å². The van der Waals surface area contributed by atoms with Crippen molar-refractivity contribution in [3.05, 3.63) is 30.6 Å². The SMILES string of the molecule is Nc1cccc(-c2nc(NCCO)c3ncn(CCN4CCCC4=O)c3n2)c1. The number of nitrogens with two attached hydrogens (primary N) is 1. The van der Waals surface area contributed by atoms with Gasteiger partial charge in [0.15, 0.2) is 17.3 Å². The number of rotatable bonds is 7. The first-order valence-electron chi connectivity index (χ1n) is 9.37. The molecule has 0 bridgehead atoms. The van der Waals surface area contributed by atoms with Crippen LogP contribution in [0.15, 0.2) is 30.6 Å². The summed E-state index contributed by atoms with van der Waals surface area (Å²) in [7, 11) is 0. The summed E-state index contributed by atoms with van der Waals surface area (Å²) in [6.45, 7) is 2.38. The van der Waals surface area contributed by atoms with Crippen molar-refractivity contribution >= 4 is 28.6 Å². The van der Waals surface area contributed by atoms with Crippen molar-refractivity contribution in [2.24, 2.45) is 0 Å². The second-order valence-corrected chi connectivity index (χ2v) is 6.77. The summed E-state index contributed by atoms with van der Waals surface area (Å²) in [5, 5.41) is 12.3. The van der Waals surface area contributed by atoms with E-state index in [-0.39, 0.29) is 12.5 Å². The Morgan fingerprint density at radius 2 is 2.14 bits per heavy atom. The number of likely N-dealkylation sites (tertiary alicyclic amines) is 1. The van der Waals surface area contributed by atoms with Crippen molar-refractivity contribution in [1.82, 2.24) is 24.4 Å². The van der Waals surface area contributed by atoms with Crippen LogP contribution >= 0.6 is 0 Å². The van der Waals surface area contributed by atoms with Crippen LogP contribution in [0, 0.1) is 0 Å². The molecule has 9 nitrogen and oxygen atoms in total. The van der Waals surface area contributed by atoms with E-state index in [9.17, 15) is 9.90 Å². The Bertz CT molecular complexity index is 1000. The molecule has 0 atom stereocenters. The van der Waals surface area contributed by atoms with Gasteiger partial charge in [0, 0.05) is 43.9 Å². The van der Waals surface area contributed by atoms with Gasteiger partial charge in [-0.2, -0.15) is 0 Å². The molecule has 2 aromatic heterocycles. The number of aliphatic hydroxyl groups is 1. The lowest BCUT2D eigenvalue weighted by Gasteiger charge is -2.16. The summed E-state index contributed by atoms with van der Waals surface area (Å²) in [4.78, 5) is 27.5. The Morgan fingerprint density at radius 1 is 1.25 bits per heavy atom. The minimum atomic E-state index is -0.0170. The Hall–Kier alpha value is -3.20. The van der Waals surface area contributed by atoms with E-state index in [4.69, 9.17) is 10.7 Å². The zero-order valence-corrected chi connectivity index (χ0v) is 15.5. The van der Waals surface area contributed by atoms with Crippen molar-refractivity contribution in [2.75, 3.05) is 37.3 Å². The molecule has 1 aliphatic heterocycles. The first-order chi connectivity index (χ1) is 13.7. The molecule has 1 fully saturated rings. The van der Waals surface area contributed by atoms with Crippen LogP contribution in [0.5, 0.6) is 0 Å². The summed E-state index contributed by atoms with van der Waals surface area (Å²) in [5.41, 5.74) is 8.66. The number of hydrogen-bond acceptors (Lipinski definition) is 7. The highest BCUT2D eigenvalue weighted by atomic mass is 16.3. The summed E-state index contributed by atoms with van der Waals surface area (Å²) >= 11 is 0. The third kappa shape index (κ3) is 3.61. The fourth-order valence-corrected chi connectivity index (χ4v) is 3.38. The van der Waals surface area contributed by atoms with E-state index < -0.39 is 0 Å². The largest absolute Gasteiger partial charge is 0.399 e. The number of carbonyl (C=O) groups excluding carboxylic acids is 1. The third-order valence-corrected chi connectivity index (χ3v) is 4.80. The van der Waals surface area contributed by atoms with Gasteiger partial charge in [-0.15, -0.1) is 0 Å². The van der Waals surface area contributed by atoms with Crippen LogP contribution < -0.4 is 11.1 Å². The van der Waals surface area contributed by atoms with Gasteiger partial charge in [0.05, 0.1) is 12.9 Å². The number of imidazole rings is 1. The zero-order valence-electron chi connectivity index (χ0n) is 15.5. The maximum Gasteiger partial charge on any atom is 0.222 e. The first kappa shape index (κ1) is 18.2. The smallest absolute Gasteiger partial charge is 0.222 e. The van der Waals surface area contributed by atoms with Crippen molar-refractivity contribution in [2.45, 2.75) is 19.4 Å². The quantitative estimate of drug-likeness (QED) is 0.524. The number of fused-ring (bicyclic) bond motifs is 1. The average molecular weight is 381 g/mol. The number of benzene rings is 1. The van der Waals surface area contributed by atoms with Crippen LogP contribution in [0.1, 0.15) is 12.8 Å². The van der Waals surface area contributed by atoms with E-state index in [2.05, 4.69) is 15.3 Å². The molecular formula is C19H23N7O2. The molecule has 0 spiro atoms. The lowest BCUT2D eigenvalue weighted by atomic mass is 10.2. The number of amides is 1. The molecule has 28 heavy (non-hydrogen) atoms. The van der Waals surface area contributed by atoms with Gasteiger partial charge >= 0.3 is 0 Å². The second-order valence-electron chi connectivity index (χ2n) is 6.77. The van der Waals surface area contributed by atoms with Crippen LogP contribution in [0.2, 0.25) is 0 Å². The summed E-state index contributed by atoms with van der Waals surface area (Å²) in [6.07, 6.45) is 3.26. The molecule has 1 aliphatic rings. The Balaban J connectivity index is 1.70. The van der Waals surface area contributed by atoms with E-state index in [1.807, 2.05) is 33.7 Å². The molecule has 9 heteroatoms. The van der Waals surface area contributed by atoms with E-state index in [1.54, 1.807) is 6.33 Å². The van der Waals surface area contributed by atoms with E-state index in [1.165, 1.54) is 0 Å². The molecule has 0 aliphatic carbocycles. The third-order valence-electron chi connectivity index (χ3n) is 4.80. The number of aromatic nitrogens is 4. The van der Waals surface area contributed by atoms with Gasteiger partial charge in [0.25, 0.3) is 0 Å². The molecule has 0 saturated carbocycles. The molecule has 1 saturated heterocycles. The number of hydrogen-bond donors (Lipinski definition) is 3. The number of aliphatic hydroxyl groups excluding tert-OH is 1. The van der Waals surface area contributed by atoms with Gasteiger partial charge in [-0.05, 0) is 18.6 Å². The molecule has 146 valence electrons. The summed E-state index contributed by atoms with van der Waals surface area (Å²) in [6, 6.07) is 7.39. The molecule has 1 aromatic carbocycles. The van der Waals surface area contributed by atoms with Crippen molar-refractivity contribution < 1.29 is 9.90 Å². The van der Waals surface area contributed by atoms with Gasteiger partial charge in [0.1, 0.15) is 5.52 Å². The highest BCUT2D eigenvalue weighted by molar-refractivity contribution is 5.85. The van der Waals surface area contributed by atoms with Crippen molar-refractivity contribution in [3.63, 3.8) is 0 Å². The second kappa shape index (κ2) is 7.81. The summed E-state index contributed by atoms with van der Waals surface area (Å²) < 4.78 is 1.93. The molecule has 4 rings (SSSR count). The standard InChI is InChI=1S/C19H23N7O2/c20-14-4-1-3-13(11-14)17-23-18(21-6-10-27)16-19(24-17)26(12-22-16)9-8-25-7-2-5-15(25)28/h1,3-4,11-12,27H,2,5-10,20H2,(H,21,23,24). The van der Waals surface area contributed by atoms with Crippen LogP contribution in [0.4, 0.5) is 11.5 Å². The van der Waals surface area contributed by atoms with Crippen LogP contribution in [0.25, 0.3) is 22.6 Å². The van der Waals surface area contributed by atoms with Crippen molar-refractivity contribution in [3.8, 4) is 11.4 Å². The van der Waals surface area contributed by atoms with Crippen LogP contribution in [0.3, 0.4) is 0 Å². The number of nitrogens with one attached hydrogen (secondary N) is 1. The lowest BCUT2D eigenvalue weighted by Crippen LogP contribution is -2.28. The van der Waals surface area contributed by atoms with E-state index in [0.29, 0.717) is 54.5 Å². The van der Waals surface area contributed by atoms with Crippen LogP contribution in [-0.2, 0) is 11.3 Å². The molecule has 3 heterocycles. The zero-order chi connectivity index (χ0) is 19.5. The van der Waals surface area contributed by atoms with Crippen LogP contribution in [-0.4, -0.2) is 61.7 Å². The first-order valence-corrected chi connectivity index (χ1v) is 9.37. The maximum atomic E-state index is 11.9. The lowest BCUT2D eigenvalue weighted by molar-refractivity contribution is -0.127. The predicted molar refractivity (Wildman–Crippen MR) is 107 cm³/mol. The van der Waals surface area contributed by atoms with Gasteiger partial charge in [-0.3, -0.25) is 4.79 Å². The van der Waals surface area contributed by atoms with Gasteiger partial charge in [-0.1, -0.05) is 12.1 Å². The summed E-state index contributed by atoms with van der Waals surface area (Å²) in [5.74, 6) is 1.29. The molecule has 0 unspecified atom stereocenters. The maximum absolute atomic E-state index is 11.9. The molecular weight excluding hydrogens is 358 g/mol. The highest BCUT2D eigenvalue weighted by Crippen LogP contribution is 2.25. The molecule has 3 aromatic rings.